The number of fused-ring (bicyclic) bond motifs is 5. The fourth-order valence-corrected chi connectivity index (χ4v) is 5.98. The van der Waals surface area contributed by atoms with Crippen LogP contribution in [0.3, 0.4) is 0 Å². The summed E-state index contributed by atoms with van der Waals surface area (Å²) in [6.45, 7) is 4.45. The molecule has 2 nitrogen and oxygen atoms in total. The molecule has 3 aliphatic carbocycles. The Bertz CT molecular complexity index is 662. The predicted molar refractivity (Wildman–Crippen MR) is 98.1 cm³/mol. The number of aliphatic hydroxyl groups is 1. The number of rotatable bonds is 2. The van der Waals surface area contributed by atoms with Crippen molar-refractivity contribution in [2.24, 2.45) is 17.3 Å². The van der Waals surface area contributed by atoms with Gasteiger partial charge in [-0.05, 0) is 91.4 Å². The molecule has 2 N–H and O–H groups in total. The number of allylic oxidation sites excluding steroid dienone is 1. The van der Waals surface area contributed by atoms with Gasteiger partial charge in [0.05, 0.1) is 6.10 Å². The Morgan fingerprint density at radius 3 is 2.83 bits per heavy atom. The maximum absolute atomic E-state index is 10.5. The molecule has 5 atom stereocenters. The molecular formula is C22H30O2. The molecule has 0 spiro atoms. The molecular weight excluding hydrogens is 296 g/mol. The highest BCUT2D eigenvalue weighted by atomic mass is 16.3. The van der Waals surface area contributed by atoms with Gasteiger partial charge in [0.2, 0.25) is 0 Å². The summed E-state index contributed by atoms with van der Waals surface area (Å²) in [5, 5.41) is 20.8. The van der Waals surface area contributed by atoms with Crippen LogP contribution in [0.15, 0.2) is 18.2 Å². The van der Waals surface area contributed by atoms with Gasteiger partial charge in [0.25, 0.3) is 0 Å². The molecule has 0 heterocycles. The van der Waals surface area contributed by atoms with Crippen molar-refractivity contribution in [2.45, 2.75) is 70.8 Å². The Morgan fingerprint density at radius 1 is 1.21 bits per heavy atom. The lowest BCUT2D eigenvalue weighted by Crippen LogP contribution is -2.43. The molecule has 0 saturated heterocycles. The molecule has 0 bridgehead atoms. The quantitative estimate of drug-likeness (QED) is 0.800. The minimum absolute atomic E-state index is 0.104. The van der Waals surface area contributed by atoms with Crippen molar-refractivity contribution < 1.29 is 10.2 Å². The summed E-state index contributed by atoms with van der Waals surface area (Å²) in [5.41, 5.74) is 3.93. The van der Waals surface area contributed by atoms with Crippen molar-refractivity contribution in [2.75, 3.05) is 0 Å². The van der Waals surface area contributed by atoms with Crippen LogP contribution in [0.1, 0.15) is 75.0 Å². The second-order valence-corrected chi connectivity index (χ2v) is 8.47. The largest absolute Gasteiger partial charge is 0.507 e. The monoisotopic (exact) mass is 326 g/mol. The van der Waals surface area contributed by atoms with E-state index in [4.69, 9.17) is 0 Å². The third kappa shape index (κ3) is 2.34. The number of hydrogen-bond acceptors (Lipinski definition) is 2. The van der Waals surface area contributed by atoms with E-state index in [9.17, 15) is 10.2 Å². The Morgan fingerprint density at radius 2 is 2.04 bits per heavy atom. The minimum Gasteiger partial charge on any atom is -0.507 e. The average molecular weight is 326 g/mol. The SMILES string of the molecule is CC/C=C/c1cc2c(cc1O)CC[C@H]1[C@H]2CC[C@]2(C)[C@@H](O)CC[C@@H]12. The first-order valence-corrected chi connectivity index (χ1v) is 9.75. The van der Waals surface area contributed by atoms with E-state index in [2.05, 4.69) is 32.1 Å². The molecule has 2 saturated carbocycles. The van der Waals surface area contributed by atoms with Gasteiger partial charge in [-0.3, -0.25) is 0 Å². The highest BCUT2D eigenvalue weighted by Gasteiger charge is 2.54. The lowest BCUT2D eigenvalue weighted by atomic mass is 9.55. The predicted octanol–water partition coefficient (Wildman–Crippen LogP) is 5.03. The Balaban J connectivity index is 1.70. The maximum atomic E-state index is 10.5. The van der Waals surface area contributed by atoms with E-state index in [0.717, 1.165) is 31.2 Å². The molecule has 0 aliphatic heterocycles. The fourth-order valence-electron chi connectivity index (χ4n) is 5.98. The number of phenols is 1. The number of phenolic OH excluding ortho intramolecular Hbond substituents is 1. The van der Waals surface area contributed by atoms with Crippen molar-refractivity contribution >= 4 is 6.08 Å². The van der Waals surface area contributed by atoms with E-state index in [1.807, 2.05) is 6.07 Å². The van der Waals surface area contributed by atoms with Crippen LogP contribution in [0.2, 0.25) is 0 Å². The zero-order valence-electron chi connectivity index (χ0n) is 15.0. The van der Waals surface area contributed by atoms with Crippen LogP contribution in [0.5, 0.6) is 5.75 Å². The van der Waals surface area contributed by atoms with Crippen molar-refractivity contribution in [3.8, 4) is 5.75 Å². The van der Waals surface area contributed by atoms with Gasteiger partial charge < -0.3 is 10.2 Å². The summed E-state index contributed by atoms with van der Waals surface area (Å²) in [5.74, 6) is 2.42. The van der Waals surface area contributed by atoms with Crippen molar-refractivity contribution in [3.05, 3.63) is 34.9 Å². The Labute approximate surface area is 145 Å². The highest BCUT2D eigenvalue weighted by molar-refractivity contribution is 5.60. The van der Waals surface area contributed by atoms with Crippen molar-refractivity contribution in [3.63, 3.8) is 0 Å². The molecule has 130 valence electrons. The molecule has 2 fully saturated rings. The van der Waals surface area contributed by atoms with E-state index in [1.54, 1.807) is 0 Å². The Kier molecular flexibility index (Phi) is 3.99. The first-order chi connectivity index (χ1) is 11.5. The van der Waals surface area contributed by atoms with Crippen LogP contribution in [0.25, 0.3) is 6.08 Å². The molecule has 0 unspecified atom stereocenters. The van der Waals surface area contributed by atoms with Gasteiger partial charge in [0.1, 0.15) is 5.75 Å². The second-order valence-electron chi connectivity index (χ2n) is 8.47. The standard InChI is InChI=1S/C22H30O2/c1-3-4-5-15-12-18-14(13-20(15)23)6-7-17-16(18)10-11-22(2)19(17)8-9-21(22)24/h4-5,12-13,16-17,19,21,23-24H,3,6-11H2,1-2H3/b5-4+/t16-,17+,19+,21+,22+/m1/s1. The van der Waals surface area contributed by atoms with E-state index in [1.165, 1.54) is 30.4 Å². The van der Waals surface area contributed by atoms with Crippen LogP contribution < -0.4 is 0 Å². The lowest BCUT2D eigenvalue weighted by molar-refractivity contribution is -0.0226. The number of hydrogen-bond donors (Lipinski definition) is 2. The van der Waals surface area contributed by atoms with Crippen LogP contribution in [0.4, 0.5) is 0 Å². The van der Waals surface area contributed by atoms with Gasteiger partial charge >= 0.3 is 0 Å². The zero-order chi connectivity index (χ0) is 16.9. The van der Waals surface area contributed by atoms with Crippen molar-refractivity contribution in [1.29, 1.82) is 0 Å². The van der Waals surface area contributed by atoms with Crippen molar-refractivity contribution in [1.82, 2.24) is 0 Å². The van der Waals surface area contributed by atoms with Gasteiger partial charge in [0.15, 0.2) is 0 Å². The topological polar surface area (TPSA) is 40.5 Å². The molecule has 3 aliphatic rings. The first-order valence-electron chi connectivity index (χ1n) is 9.75. The summed E-state index contributed by atoms with van der Waals surface area (Å²) in [7, 11) is 0. The van der Waals surface area contributed by atoms with Gasteiger partial charge in [-0.1, -0.05) is 26.0 Å². The molecule has 0 radical (unpaired) electrons. The van der Waals surface area contributed by atoms with Gasteiger partial charge in [-0.15, -0.1) is 0 Å². The summed E-state index contributed by atoms with van der Waals surface area (Å²) < 4.78 is 0. The maximum Gasteiger partial charge on any atom is 0.123 e. The molecule has 1 aromatic rings. The second kappa shape index (κ2) is 5.91. The van der Waals surface area contributed by atoms with E-state index in [0.29, 0.717) is 23.5 Å². The smallest absolute Gasteiger partial charge is 0.123 e. The fraction of sp³-hybridized carbons (Fsp3) is 0.636. The number of benzene rings is 1. The van der Waals surface area contributed by atoms with Crippen LogP contribution in [0, 0.1) is 17.3 Å². The lowest BCUT2D eigenvalue weighted by Gasteiger charge is -2.50. The third-order valence-corrected chi connectivity index (χ3v) is 7.36. The Hall–Kier alpha value is -1.28. The molecule has 0 aromatic heterocycles. The number of aryl methyl sites for hydroxylation is 1. The number of aromatic hydroxyl groups is 1. The molecule has 2 heteroatoms. The molecule has 4 rings (SSSR count). The summed E-state index contributed by atoms with van der Waals surface area (Å²) in [6, 6.07) is 4.26. The molecule has 1 aromatic carbocycles. The van der Waals surface area contributed by atoms with Gasteiger partial charge in [0, 0.05) is 5.56 Å². The van der Waals surface area contributed by atoms with Gasteiger partial charge in [-0.2, -0.15) is 0 Å². The summed E-state index contributed by atoms with van der Waals surface area (Å²) in [6.07, 6.45) is 11.8. The highest BCUT2D eigenvalue weighted by Crippen LogP contribution is 2.61. The molecule has 0 amide bonds. The third-order valence-electron chi connectivity index (χ3n) is 7.36. The van der Waals surface area contributed by atoms with E-state index < -0.39 is 0 Å². The van der Waals surface area contributed by atoms with Crippen LogP contribution >= 0.6 is 0 Å². The van der Waals surface area contributed by atoms with E-state index in [-0.39, 0.29) is 11.5 Å². The normalized spacial score (nSPS) is 38.0. The average Bonchev–Trinajstić information content (AvgIpc) is 2.88. The first kappa shape index (κ1) is 16.2. The molecule has 24 heavy (non-hydrogen) atoms. The summed E-state index contributed by atoms with van der Waals surface area (Å²) >= 11 is 0. The van der Waals surface area contributed by atoms with Crippen LogP contribution in [-0.4, -0.2) is 16.3 Å². The zero-order valence-corrected chi connectivity index (χ0v) is 15.0. The summed E-state index contributed by atoms with van der Waals surface area (Å²) in [4.78, 5) is 0. The number of aliphatic hydroxyl groups excluding tert-OH is 1. The van der Waals surface area contributed by atoms with Crippen LogP contribution in [-0.2, 0) is 6.42 Å². The van der Waals surface area contributed by atoms with Gasteiger partial charge in [-0.25, -0.2) is 0 Å². The van der Waals surface area contributed by atoms with E-state index >= 15 is 0 Å². The minimum atomic E-state index is -0.104.